The summed E-state index contributed by atoms with van der Waals surface area (Å²) in [4.78, 5) is 13.2. The van der Waals surface area contributed by atoms with Crippen molar-refractivity contribution in [1.82, 2.24) is 4.98 Å². The second kappa shape index (κ2) is 3.28. The smallest absolute Gasteiger partial charge is 0.174 e. The van der Waals surface area contributed by atoms with Crippen LogP contribution >= 0.6 is 0 Å². The molecular weight excluding hydrogens is 186 g/mol. The largest absolute Gasteiger partial charge is 0.253 e. The van der Waals surface area contributed by atoms with E-state index in [9.17, 15) is 0 Å². The topological polar surface area (TPSA) is 37.6 Å². The van der Waals surface area contributed by atoms with E-state index >= 15 is 0 Å². The lowest BCUT2D eigenvalue weighted by Gasteiger charge is -2.02. The van der Waals surface area contributed by atoms with Crippen molar-refractivity contribution in [2.24, 2.45) is 9.98 Å². The van der Waals surface area contributed by atoms with Crippen LogP contribution in [0.2, 0.25) is 0 Å². The summed E-state index contributed by atoms with van der Waals surface area (Å²) in [7, 11) is 0. The predicted octanol–water partition coefficient (Wildman–Crippen LogP) is 1.78. The second-order valence-electron chi connectivity index (χ2n) is 3.39. The first-order valence-corrected chi connectivity index (χ1v) is 4.86. The normalized spacial score (nSPS) is 22.3. The maximum absolute atomic E-state index is 4.49. The Hall–Kier alpha value is -2.03. The van der Waals surface area contributed by atoms with Crippen LogP contribution in [-0.2, 0) is 0 Å². The molecule has 0 amide bonds. The molecular formula is C12H9N3. The van der Waals surface area contributed by atoms with E-state index in [1.165, 1.54) is 0 Å². The van der Waals surface area contributed by atoms with Crippen molar-refractivity contribution in [3.8, 4) is 0 Å². The summed E-state index contributed by atoms with van der Waals surface area (Å²) in [6, 6.07) is 5.85. The minimum absolute atomic E-state index is 0.0898. The first-order valence-electron chi connectivity index (χ1n) is 4.86. The molecule has 1 atom stereocenters. The van der Waals surface area contributed by atoms with Gasteiger partial charge in [0.25, 0.3) is 0 Å². The van der Waals surface area contributed by atoms with Crippen LogP contribution in [0.3, 0.4) is 0 Å². The predicted molar refractivity (Wildman–Crippen MR) is 60.3 cm³/mol. The zero-order chi connectivity index (χ0) is 10.1. The Morgan fingerprint density at radius 1 is 1.13 bits per heavy atom. The third-order valence-electron chi connectivity index (χ3n) is 2.36. The molecule has 72 valence electrons. The first kappa shape index (κ1) is 8.29. The lowest BCUT2D eigenvalue weighted by Crippen LogP contribution is -2.11. The molecule has 0 spiro atoms. The van der Waals surface area contributed by atoms with E-state index in [-0.39, 0.29) is 6.04 Å². The zero-order valence-electron chi connectivity index (χ0n) is 8.04. The van der Waals surface area contributed by atoms with Crippen molar-refractivity contribution in [2.45, 2.75) is 6.04 Å². The molecule has 3 nitrogen and oxygen atoms in total. The summed E-state index contributed by atoms with van der Waals surface area (Å²) >= 11 is 0. The fourth-order valence-corrected chi connectivity index (χ4v) is 1.63. The highest BCUT2D eigenvalue weighted by Crippen LogP contribution is 2.15. The van der Waals surface area contributed by atoms with Crippen LogP contribution < -0.4 is 0 Å². The summed E-state index contributed by atoms with van der Waals surface area (Å²) < 4.78 is 0. The maximum Gasteiger partial charge on any atom is 0.174 e. The van der Waals surface area contributed by atoms with Gasteiger partial charge in [0.1, 0.15) is 11.7 Å². The number of amidine groups is 1. The second-order valence-corrected chi connectivity index (χ2v) is 3.39. The van der Waals surface area contributed by atoms with Crippen molar-refractivity contribution < 1.29 is 0 Å². The van der Waals surface area contributed by atoms with Gasteiger partial charge in [0, 0.05) is 6.20 Å². The van der Waals surface area contributed by atoms with Gasteiger partial charge in [-0.15, -0.1) is 0 Å². The van der Waals surface area contributed by atoms with Gasteiger partial charge in [-0.1, -0.05) is 24.3 Å². The van der Waals surface area contributed by atoms with Gasteiger partial charge in [0.15, 0.2) is 5.84 Å². The van der Waals surface area contributed by atoms with Crippen molar-refractivity contribution in [2.75, 3.05) is 0 Å². The van der Waals surface area contributed by atoms with Crippen molar-refractivity contribution >= 4 is 11.5 Å². The molecule has 0 aromatic carbocycles. The Bertz CT molecular complexity index is 495. The summed E-state index contributed by atoms with van der Waals surface area (Å²) in [6.07, 6.45) is 9.76. The lowest BCUT2D eigenvalue weighted by atomic mass is 10.1. The van der Waals surface area contributed by atoms with Gasteiger partial charge in [-0.3, -0.25) is 9.98 Å². The molecule has 2 heterocycles. The highest BCUT2D eigenvalue weighted by Gasteiger charge is 2.20. The molecule has 1 aromatic heterocycles. The van der Waals surface area contributed by atoms with E-state index < -0.39 is 0 Å². The zero-order valence-corrected chi connectivity index (χ0v) is 8.04. The van der Waals surface area contributed by atoms with Gasteiger partial charge in [-0.2, -0.15) is 0 Å². The quantitative estimate of drug-likeness (QED) is 0.673. The Morgan fingerprint density at radius 2 is 2.13 bits per heavy atom. The van der Waals surface area contributed by atoms with E-state index in [4.69, 9.17) is 0 Å². The summed E-state index contributed by atoms with van der Waals surface area (Å²) in [6.45, 7) is 0. The Kier molecular flexibility index (Phi) is 1.81. The highest BCUT2D eigenvalue weighted by atomic mass is 15.0. The Labute approximate surface area is 87.6 Å². The van der Waals surface area contributed by atoms with E-state index in [1.54, 1.807) is 6.20 Å². The number of rotatable bonds is 1. The molecule has 1 aromatic rings. The fourth-order valence-electron chi connectivity index (χ4n) is 1.63. The van der Waals surface area contributed by atoms with Gasteiger partial charge in [0.05, 0.1) is 5.71 Å². The SMILES string of the molecule is C1=CC2=NC(c3ccccn3)=NC2C=C1. The van der Waals surface area contributed by atoms with Crippen LogP contribution in [0.25, 0.3) is 0 Å². The van der Waals surface area contributed by atoms with Crippen LogP contribution in [0.1, 0.15) is 5.69 Å². The third-order valence-corrected chi connectivity index (χ3v) is 2.36. The van der Waals surface area contributed by atoms with Gasteiger partial charge >= 0.3 is 0 Å². The van der Waals surface area contributed by atoms with E-state index in [1.807, 2.05) is 42.5 Å². The first-order chi connectivity index (χ1) is 7.43. The van der Waals surface area contributed by atoms with E-state index in [0.717, 1.165) is 17.2 Å². The molecule has 1 aliphatic carbocycles. The van der Waals surface area contributed by atoms with Crippen LogP contribution in [0.5, 0.6) is 0 Å². The van der Waals surface area contributed by atoms with E-state index in [2.05, 4.69) is 15.0 Å². The Balaban J connectivity index is 2.01. The lowest BCUT2D eigenvalue weighted by molar-refractivity contribution is 1.10. The minimum Gasteiger partial charge on any atom is -0.253 e. The molecule has 2 aliphatic rings. The van der Waals surface area contributed by atoms with Crippen LogP contribution in [-0.4, -0.2) is 22.6 Å². The number of aliphatic imine (C=N–C) groups is 2. The maximum atomic E-state index is 4.49. The molecule has 0 saturated carbocycles. The number of fused-ring (bicyclic) bond motifs is 1. The summed E-state index contributed by atoms with van der Waals surface area (Å²) in [5.74, 6) is 0.729. The molecule has 0 fully saturated rings. The molecule has 15 heavy (non-hydrogen) atoms. The molecule has 3 heteroatoms. The van der Waals surface area contributed by atoms with Gasteiger partial charge in [-0.25, -0.2) is 4.99 Å². The van der Waals surface area contributed by atoms with Crippen LogP contribution in [0.15, 0.2) is 58.7 Å². The van der Waals surface area contributed by atoms with Crippen LogP contribution in [0.4, 0.5) is 0 Å². The summed E-state index contributed by atoms with van der Waals surface area (Å²) in [5.41, 5.74) is 1.83. The number of pyridine rings is 1. The van der Waals surface area contributed by atoms with Crippen molar-refractivity contribution in [1.29, 1.82) is 0 Å². The molecule has 3 rings (SSSR count). The van der Waals surface area contributed by atoms with Gasteiger partial charge < -0.3 is 0 Å². The standard InChI is InChI=1S/C12H9N3/c1-2-6-10-9(5-1)14-12(15-10)11-7-3-4-8-13-11/h1-9H. The molecule has 0 N–H and O–H groups in total. The molecule has 0 radical (unpaired) electrons. The number of allylic oxidation sites excluding steroid dienone is 2. The molecule has 0 bridgehead atoms. The van der Waals surface area contributed by atoms with Crippen molar-refractivity contribution in [3.63, 3.8) is 0 Å². The third kappa shape index (κ3) is 1.42. The average molecular weight is 195 g/mol. The van der Waals surface area contributed by atoms with Crippen molar-refractivity contribution in [3.05, 3.63) is 54.4 Å². The number of nitrogens with zero attached hydrogens (tertiary/aromatic N) is 3. The van der Waals surface area contributed by atoms with Gasteiger partial charge in [0.2, 0.25) is 0 Å². The monoisotopic (exact) mass is 195 g/mol. The highest BCUT2D eigenvalue weighted by molar-refractivity contribution is 6.17. The Morgan fingerprint density at radius 3 is 2.93 bits per heavy atom. The average Bonchev–Trinajstić information content (AvgIpc) is 2.74. The molecule has 1 unspecified atom stereocenters. The number of hydrogen-bond donors (Lipinski definition) is 0. The van der Waals surface area contributed by atoms with E-state index in [0.29, 0.717) is 0 Å². The van der Waals surface area contributed by atoms with Gasteiger partial charge in [-0.05, 0) is 18.2 Å². The molecule has 1 aliphatic heterocycles. The summed E-state index contributed by atoms with van der Waals surface area (Å²) in [5, 5.41) is 0. The minimum atomic E-state index is 0.0898. The molecule has 0 saturated heterocycles. The van der Waals surface area contributed by atoms with Crippen LogP contribution in [0, 0.1) is 0 Å². The fraction of sp³-hybridized carbons (Fsp3) is 0.0833. The number of hydrogen-bond acceptors (Lipinski definition) is 3. The number of aromatic nitrogens is 1.